The Bertz CT molecular complexity index is 766. The van der Waals surface area contributed by atoms with Gasteiger partial charge in [-0.15, -0.1) is 11.3 Å². The van der Waals surface area contributed by atoms with E-state index >= 15 is 0 Å². The molecule has 2 aromatic heterocycles. The van der Waals surface area contributed by atoms with Gasteiger partial charge in [-0.05, 0) is 36.6 Å². The zero-order valence-corrected chi connectivity index (χ0v) is 12.7. The number of rotatable bonds is 3. The zero-order chi connectivity index (χ0) is 14.2. The highest BCUT2D eigenvalue weighted by Gasteiger charge is 2.24. The van der Waals surface area contributed by atoms with Crippen LogP contribution in [0, 0.1) is 0 Å². The van der Waals surface area contributed by atoms with E-state index in [0.29, 0.717) is 6.04 Å². The molecule has 1 aliphatic carbocycles. The third-order valence-electron chi connectivity index (χ3n) is 3.77. The molecule has 1 N–H and O–H groups in total. The van der Waals surface area contributed by atoms with Crippen LogP contribution in [0.2, 0.25) is 4.34 Å². The number of halogens is 1. The van der Waals surface area contributed by atoms with Crippen molar-refractivity contribution in [1.29, 1.82) is 0 Å². The maximum atomic E-state index is 6.11. The van der Waals surface area contributed by atoms with Crippen LogP contribution < -0.4 is 5.32 Å². The third-order valence-corrected chi connectivity index (χ3v) is 5.11. The molecule has 21 heavy (non-hydrogen) atoms. The van der Waals surface area contributed by atoms with Crippen molar-refractivity contribution < 1.29 is 4.42 Å². The number of benzene rings is 1. The summed E-state index contributed by atoms with van der Waals surface area (Å²) < 4.78 is 6.23. The molecule has 1 aliphatic rings. The van der Waals surface area contributed by atoms with Crippen molar-refractivity contribution in [2.24, 2.45) is 0 Å². The third kappa shape index (κ3) is 2.45. The lowest BCUT2D eigenvalue weighted by molar-refractivity contribution is 0.572. The topological polar surface area (TPSA) is 38.1 Å². The molecule has 3 aromatic rings. The van der Waals surface area contributed by atoms with Crippen LogP contribution in [0.25, 0.3) is 11.3 Å². The van der Waals surface area contributed by atoms with Crippen molar-refractivity contribution in [2.45, 2.75) is 18.9 Å². The Balaban J connectivity index is 1.59. The number of aromatic nitrogens is 1. The molecule has 0 saturated heterocycles. The van der Waals surface area contributed by atoms with E-state index in [0.717, 1.165) is 34.2 Å². The highest BCUT2D eigenvalue weighted by molar-refractivity contribution is 7.16. The number of hydrogen-bond donors (Lipinski definition) is 1. The monoisotopic (exact) mass is 316 g/mol. The van der Waals surface area contributed by atoms with Gasteiger partial charge in [-0.25, -0.2) is 4.98 Å². The average Bonchev–Trinajstić information content (AvgIpc) is 3.18. The van der Waals surface area contributed by atoms with E-state index in [4.69, 9.17) is 16.0 Å². The van der Waals surface area contributed by atoms with Gasteiger partial charge >= 0.3 is 0 Å². The Morgan fingerprint density at radius 3 is 3.14 bits per heavy atom. The summed E-state index contributed by atoms with van der Waals surface area (Å²) in [4.78, 5) is 5.37. The highest BCUT2D eigenvalue weighted by Crippen LogP contribution is 2.41. The molecular weight excluding hydrogens is 304 g/mol. The van der Waals surface area contributed by atoms with E-state index in [9.17, 15) is 0 Å². The van der Waals surface area contributed by atoms with Crippen LogP contribution >= 0.6 is 22.9 Å². The molecule has 3 nitrogen and oxygen atoms in total. The van der Waals surface area contributed by atoms with Gasteiger partial charge < -0.3 is 9.73 Å². The number of oxazole rings is 1. The maximum absolute atomic E-state index is 6.11. The Hall–Kier alpha value is -1.78. The second kappa shape index (κ2) is 5.20. The van der Waals surface area contributed by atoms with E-state index < -0.39 is 0 Å². The molecule has 0 spiro atoms. The predicted molar refractivity (Wildman–Crippen MR) is 86.0 cm³/mol. The standard InChI is InChI=1S/C16H13ClN2OS/c17-16-7-12-13(4-5-15(12)21-16)19-11-3-1-2-10(6-11)14-8-18-9-20-14/h1-3,6-9,13,19H,4-5H2. The number of nitrogens with one attached hydrogen (secondary N) is 1. The Morgan fingerprint density at radius 1 is 1.33 bits per heavy atom. The van der Waals surface area contributed by atoms with Gasteiger partial charge in [-0.1, -0.05) is 23.7 Å². The van der Waals surface area contributed by atoms with Crippen molar-refractivity contribution in [1.82, 2.24) is 4.98 Å². The van der Waals surface area contributed by atoms with Gasteiger partial charge in [0, 0.05) is 16.1 Å². The summed E-state index contributed by atoms with van der Waals surface area (Å²) in [5.74, 6) is 0.782. The quantitative estimate of drug-likeness (QED) is 0.725. The zero-order valence-electron chi connectivity index (χ0n) is 11.2. The number of nitrogens with zero attached hydrogens (tertiary/aromatic N) is 1. The molecule has 5 heteroatoms. The van der Waals surface area contributed by atoms with Crippen LogP contribution in [0.15, 0.2) is 47.3 Å². The summed E-state index contributed by atoms with van der Waals surface area (Å²) in [5.41, 5.74) is 3.46. The van der Waals surface area contributed by atoms with Crippen LogP contribution in [0.5, 0.6) is 0 Å². The van der Waals surface area contributed by atoms with Crippen molar-refractivity contribution in [3.8, 4) is 11.3 Å². The van der Waals surface area contributed by atoms with Crippen LogP contribution in [-0.2, 0) is 6.42 Å². The number of fused-ring (bicyclic) bond motifs is 1. The van der Waals surface area contributed by atoms with Crippen molar-refractivity contribution in [2.75, 3.05) is 5.32 Å². The average molecular weight is 317 g/mol. The molecule has 106 valence electrons. The summed E-state index contributed by atoms with van der Waals surface area (Å²) in [6.45, 7) is 0. The fourth-order valence-corrected chi connectivity index (χ4v) is 4.16. The Labute approximate surface area is 131 Å². The van der Waals surface area contributed by atoms with E-state index in [1.165, 1.54) is 16.8 Å². The van der Waals surface area contributed by atoms with Gasteiger partial charge in [0.2, 0.25) is 0 Å². The van der Waals surface area contributed by atoms with Gasteiger partial charge in [0.25, 0.3) is 0 Å². The highest BCUT2D eigenvalue weighted by atomic mass is 35.5. The molecule has 0 amide bonds. The van der Waals surface area contributed by atoms with Crippen molar-refractivity contribution in [3.63, 3.8) is 0 Å². The minimum Gasteiger partial charge on any atom is -0.444 e. The number of thiophene rings is 1. The smallest absolute Gasteiger partial charge is 0.181 e. The number of aryl methyl sites for hydroxylation is 1. The lowest BCUT2D eigenvalue weighted by Crippen LogP contribution is -2.06. The second-order valence-corrected chi connectivity index (χ2v) is 6.88. The van der Waals surface area contributed by atoms with Gasteiger partial charge in [0.15, 0.2) is 12.2 Å². The summed E-state index contributed by atoms with van der Waals surface area (Å²) in [6, 6.07) is 10.6. The summed E-state index contributed by atoms with van der Waals surface area (Å²) in [6.07, 6.45) is 5.40. The fraction of sp³-hybridized carbons (Fsp3) is 0.188. The van der Waals surface area contributed by atoms with E-state index in [1.54, 1.807) is 17.5 Å². The van der Waals surface area contributed by atoms with Gasteiger partial charge in [-0.2, -0.15) is 0 Å². The first-order chi connectivity index (χ1) is 10.3. The van der Waals surface area contributed by atoms with Crippen LogP contribution in [-0.4, -0.2) is 4.98 Å². The molecule has 0 aliphatic heterocycles. The minimum atomic E-state index is 0.341. The molecule has 2 heterocycles. The lowest BCUT2D eigenvalue weighted by Gasteiger charge is -2.15. The summed E-state index contributed by atoms with van der Waals surface area (Å²) >= 11 is 7.81. The van der Waals surface area contributed by atoms with E-state index in [-0.39, 0.29) is 0 Å². The molecule has 1 unspecified atom stereocenters. The van der Waals surface area contributed by atoms with E-state index in [2.05, 4.69) is 28.5 Å². The number of anilines is 1. The first-order valence-corrected chi connectivity index (χ1v) is 8.02. The molecule has 0 bridgehead atoms. The molecule has 1 aromatic carbocycles. The normalized spacial score (nSPS) is 16.9. The first-order valence-electron chi connectivity index (χ1n) is 6.83. The Kier molecular flexibility index (Phi) is 3.20. The molecule has 1 atom stereocenters. The maximum Gasteiger partial charge on any atom is 0.181 e. The van der Waals surface area contributed by atoms with E-state index in [1.807, 2.05) is 12.1 Å². The molecule has 0 saturated carbocycles. The fourth-order valence-electron chi connectivity index (χ4n) is 2.80. The minimum absolute atomic E-state index is 0.341. The second-order valence-electron chi connectivity index (χ2n) is 5.11. The molecule has 0 radical (unpaired) electrons. The molecular formula is C16H13ClN2OS. The van der Waals surface area contributed by atoms with Crippen LogP contribution in [0.3, 0.4) is 0 Å². The van der Waals surface area contributed by atoms with Crippen LogP contribution in [0.4, 0.5) is 5.69 Å². The Morgan fingerprint density at radius 2 is 2.29 bits per heavy atom. The van der Waals surface area contributed by atoms with Crippen molar-refractivity contribution >= 4 is 28.6 Å². The first kappa shape index (κ1) is 12.9. The van der Waals surface area contributed by atoms with Crippen molar-refractivity contribution in [3.05, 3.63) is 57.7 Å². The van der Waals surface area contributed by atoms with Gasteiger partial charge in [0.1, 0.15) is 0 Å². The SMILES string of the molecule is Clc1cc2c(s1)CCC2Nc1cccc(-c2cnco2)c1. The molecule has 0 fully saturated rings. The van der Waals surface area contributed by atoms with Gasteiger partial charge in [-0.3, -0.25) is 0 Å². The number of hydrogen-bond acceptors (Lipinski definition) is 4. The summed E-state index contributed by atoms with van der Waals surface area (Å²) in [7, 11) is 0. The summed E-state index contributed by atoms with van der Waals surface area (Å²) in [5, 5.41) is 3.60. The van der Waals surface area contributed by atoms with Crippen LogP contribution in [0.1, 0.15) is 22.9 Å². The lowest BCUT2D eigenvalue weighted by atomic mass is 10.1. The largest absolute Gasteiger partial charge is 0.444 e. The van der Waals surface area contributed by atoms with Gasteiger partial charge in [0.05, 0.1) is 16.6 Å². The molecule has 4 rings (SSSR count). The predicted octanol–water partition coefficient (Wildman–Crippen LogP) is 5.16.